The minimum Gasteiger partial charge on any atom is -0.225 e. The topological polar surface area (TPSA) is 106 Å². The number of halogens is 2. The molecule has 0 aromatic heterocycles. The molecular formula is C10H14F2N2O4S2. The van der Waals surface area contributed by atoms with E-state index in [2.05, 4.69) is 0 Å². The molecule has 1 rings (SSSR count). The maximum absolute atomic E-state index is 12.0. The summed E-state index contributed by atoms with van der Waals surface area (Å²) in [6.07, 6.45) is 0.720. The van der Waals surface area contributed by atoms with E-state index in [4.69, 9.17) is 5.14 Å². The van der Waals surface area contributed by atoms with Gasteiger partial charge in [-0.05, 0) is 30.5 Å². The van der Waals surface area contributed by atoms with Crippen LogP contribution in [0.1, 0.15) is 12.0 Å². The van der Waals surface area contributed by atoms with Crippen LogP contribution in [-0.2, 0) is 26.5 Å². The van der Waals surface area contributed by atoms with Crippen LogP contribution in [0.4, 0.5) is 8.78 Å². The second-order valence-corrected chi connectivity index (χ2v) is 7.29. The third-order valence-electron chi connectivity index (χ3n) is 2.43. The Morgan fingerprint density at radius 1 is 1.10 bits per heavy atom. The van der Waals surface area contributed by atoms with Crippen molar-refractivity contribution >= 4 is 20.0 Å². The average molecular weight is 328 g/mol. The second-order valence-electron chi connectivity index (χ2n) is 3.99. The summed E-state index contributed by atoms with van der Waals surface area (Å²) >= 11 is 0. The highest BCUT2D eigenvalue weighted by Crippen LogP contribution is 2.10. The number of hydrogen-bond donors (Lipinski definition) is 2. The largest absolute Gasteiger partial charge is 0.350 e. The van der Waals surface area contributed by atoms with Gasteiger partial charge in [-0.25, -0.2) is 26.7 Å². The third-order valence-corrected chi connectivity index (χ3v) is 4.44. The fraction of sp³-hybridized carbons (Fsp3) is 0.400. The molecular weight excluding hydrogens is 314 g/mol. The number of aryl methyl sites for hydroxylation is 1. The van der Waals surface area contributed by atoms with E-state index in [1.807, 2.05) is 0 Å². The molecule has 0 bridgehead atoms. The Balaban J connectivity index is 2.48. The summed E-state index contributed by atoms with van der Waals surface area (Å²) < 4.78 is 69.3. The first-order chi connectivity index (χ1) is 9.13. The fourth-order valence-corrected chi connectivity index (χ4v) is 2.49. The summed E-state index contributed by atoms with van der Waals surface area (Å²) in [6.45, 7) is -0.121. The monoisotopic (exact) mass is 328 g/mol. The molecule has 0 aliphatic heterocycles. The fourth-order valence-electron chi connectivity index (χ4n) is 1.42. The van der Waals surface area contributed by atoms with Gasteiger partial charge in [0.25, 0.3) is 10.0 Å². The van der Waals surface area contributed by atoms with Crippen molar-refractivity contribution in [2.75, 3.05) is 6.54 Å². The average Bonchev–Trinajstić information content (AvgIpc) is 2.34. The summed E-state index contributed by atoms with van der Waals surface area (Å²) in [5, 5.41) is 4.93. The molecule has 0 aliphatic carbocycles. The lowest BCUT2D eigenvalue weighted by Gasteiger charge is -2.06. The summed E-state index contributed by atoms with van der Waals surface area (Å²) in [5.74, 6) is -3.45. The molecule has 20 heavy (non-hydrogen) atoms. The molecule has 0 radical (unpaired) electrons. The normalized spacial score (nSPS) is 12.8. The van der Waals surface area contributed by atoms with Gasteiger partial charge in [0.15, 0.2) is 0 Å². The van der Waals surface area contributed by atoms with Gasteiger partial charge >= 0.3 is 5.76 Å². The highest BCUT2D eigenvalue weighted by molar-refractivity contribution is 7.89. The maximum Gasteiger partial charge on any atom is 0.350 e. The van der Waals surface area contributed by atoms with Crippen molar-refractivity contribution in [1.29, 1.82) is 0 Å². The molecule has 0 saturated heterocycles. The van der Waals surface area contributed by atoms with Crippen molar-refractivity contribution in [2.45, 2.75) is 23.5 Å². The van der Waals surface area contributed by atoms with Crippen LogP contribution in [0.15, 0.2) is 29.2 Å². The molecule has 10 heteroatoms. The predicted octanol–water partition coefficient (Wildman–Crippen LogP) is 0.409. The van der Waals surface area contributed by atoms with E-state index >= 15 is 0 Å². The summed E-state index contributed by atoms with van der Waals surface area (Å²) in [6, 6.07) is 5.71. The third kappa shape index (κ3) is 5.12. The Labute approximate surface area is 116 Å². The van der Waals surface area contributed by atoms with Gasteiger partial charge in [-0.1, -0.05) is 12.1 Å². The first-order valence-corrected chi connectivity index (χ1v) is 8.60. The lowest BCUT2D eigenvalue weighted by molar-refractivity contribution is 0.232. The van der Waals surface area contributed by atoms with Crippen molar-refractivity contribution in [1.82, 2.24) is 4.72 Å². The van der Waals surface area contributed by atoms with Gasteiger partial charge in [0.1, 0.15) is 0 Å². The SMILES string of the molecule is NS(=O)(=O)c1ccc(CCCNS(=O)(=O)C(F)F)cc1. The van der Waals surface area contributed by atoms with Gasteiger partial charge < -0.3 is 0 Å². The molecule has 1 aromatic rings. The Hall–Kier alpha value is -1.10. The standard InChI is InChI=1S/C10H14F2N2O4S2/c11-10(12)20(17,18)14-7-1-2-8-3-5-9(6-4-8)19(13,15)16/h3-6,10,14H,1-2,7H2,(H2,13,15,16). The van der Waals surface area contributed by atoms with Gasteiger partial charge in [-0.15, -0.1) is 0 Å². The quantitative estimate of drug-likeness (QED) is 0.707. The highest BCUT2D eigenvalue weighted by Gasteiger charge is 2.22. The van der Waals surface area contributed by atoms with Gasteiger partial charge in [0, 0.05) is 6.54 Å². The molecule has 114 valence electrons. The molecule has 3 N–H and O–H groups in total. The van der Waals surface area contributed by atoms with E-state index in [0.29, 0.717) is 12.8 Å². The lowest BCUT2D eigenvalue weighted by Crippen LogP contribution is -2.30. The van der Waals surface area contributed by atoms with Crippen LogP contribution >= 0.6 is 0 Å². The molecule has 1 aromatic carbocycles. The molecule has 0 spiro atoms. The van der Waals surface area contributed by atoms with Crippen LogP contribution in [0.2, 0.25) is 0 Å². The highest BCUT2D eigenvalue weighted by atomic mass is 32.2. The van der Waals surface area contributed by atoms with Gasteiger partial charge in [-0.3, -0.25) is 0 Å². The number of nitrogens with one attached hydrogen (secondary N) is 1. The van der Waals surface area contributed by atoms with Crippen molar-refractivity contribution in [3.8, 4) is 0 Å². The van der Waals surface area contributed by atoms with E-state index in [1.54, 1.807) is 4.72 Å². The van der Waals surface area contributed by atoms with E-state index in [9.17, 15) is 25.6 Å². The molecule has 0 atom stereocenters. The van der Waals surface area contributed by atoms with Crippen LogP contribution in [0, 0.1) is 0 Å². The van der Waals surface area contributed by atoms with Crippen molar-refractivity contribution < 1.29 is 25.6 Å². The Kier molecular flexibility index (Phi) is 5.57. The number of nitrogens with two attached hydrogens (primary N) is 1. The molecule has 0 fully saturated rings. The van der Waals surface area contributed by atoms with E-state index < -0.39 is 25.8 Å². The van der Waals surface area contributed by atoms with Gasteiger partial charge in [0.2, 0.25) is 10.0 Å². The Morgan fingerprint density at radius 2 is 1.65 bits per heavy atom. The number of sulfonamides is 2. The van der Waals surface area contributed by atoms with Crippen LogP contribution in [0.3, 0.4) is 0 Å². The van der Waals surface area contributed by atoms with Crippen molar-refractivity contribution in [2.24, 2.45) is 5.14 Å². The lowest BCUT2D eigenvalue weighted by atomic mass is 10.1. The first kappa shape index (κ1) is 17.0. The molecule has 0 heterocycles. The van der Waals surface area contributed by atoms with Crippen LogP contribution in [-0.4, -0.2) is 29.1 Å². The zero-order chi connectivity index (χ0) is 15.4. The molecule has 0 unspecified atom stereocenters. The maximum atomic E-state index is 12.0. The first-order valence-electron chi connectivity index (χ1n) is 5.51. The van der Waals surface area contributed by atoms with Gasteiger partial charge in [-0.2, -0.15) is 8.78 Å². The van der Waals surface area contributed by atoms with Gasteiger partial charge in [0.05, 0.1) is 4.90 Å². The zero-order valence-electron chi connectivity index (χ0n) is 10.3. The van der Waals surface area contributed by atoms with Crippen molar-refractivity contribution in [3.63, 3.8) is 0 Å². The van der Waals surface area contributed by atoms with Crippen molar-refractivity contribution in [3.05, 3.63) is 29.8 Å². The van der Waals surface area contributed by atoms with E-state index in [-0.39, 0.29) is 11.4 Å². The number of benzene rings is 1. The number of hydrogen-bond acceptors (Lipinski definition) is 4. The molecule has 0 amide bonds. The Morgan fingerprint density at radius 3 is 2.10 bits per heavy atom. The summed E-state index contributed by atoms with van der Waals surface area (Å²) in [5.41, 5.74) is 0.744. The second kappa shape index (κ2) is 6.57. The van der Waals surface area contributed by atoms with E-state index in [1.165, 1.54) is 24.3 Å². The smallest absolute Gasteiger partial charge is 0.225 e. The minimum atomic E-state index is -4.56. The van der Waals surface area contributed by atoms with E-state index in [0.717, 1.165) is 5.56 Å². The van der Waals surface area contributed by atoms with Crippen LogP contribution in [0.5, 0.6) is 0 Å². The summed E-state index contributed by atoms with van der Waals surface area (Å²) in [4.78, 5) is -0.0281. The Bertz CT molecular complexity index is 642. The molecule has 6 nitrogen and oxygen atoms in total. The van der Waals surface area contributed by atoms with Crippen LogP contribution in [0.25, 0.3) is 0 Å². The van der Waals surface area contributed by atoms with Crippen LogP contribution < -0.4 is 9.86 Å². The molecule has 0 saturated carbocycles. The predicted molar refractivity (Wildman–Crippen MR) is 69.1 cm³/mol. The zero-order valence-corrected chi connectivity index (χ0v) is 11.9. The number of rotatable bonds is 7. The number of primary sulfonamides is 1. The number of alkyl halides is 2. The summed E-state index contributed by atoms with van der Waals surface area (Å²) in [7, 11) is -8.31. The molecule has 0 aliphatic rings. The minimum absolute atomic E-state index is 0.0281.